The third-order valence-corrected chi connectivity index (χ3v) is 5.30. The molecule has 0 unspecified atom stereocenters. The van der Waals surface area contributed by atoms with E-state index in [1.807, 2.05) is 0 Å². The van der Waals surface area contributed by atoms with Crippen LogP contribution in [0.1, 0.15) is 5.56 Å². The number of phenolic OH excluding ortho intramolecular Hbond substituents is 1. The molecule has 0 aliphatic heterocycles. The fraction of sp³-hybridized carbons (Fsp3) is 0.455. The number of nitrogens with zero attached hydrogens (tertiary/aromatic N) is 1. The van der Waals surface area contributed by atoms with Gasteiger partial charge in [0.15, 0.2) is 0 Å². The zero-order valence-electron chi connectivity index (χ0n) is 13.3. The quantitative estimate of drug-likeness (QED) is 0.139. The van der Waals surface area contributed by atoms with E-state index in [-0.39, 0.29) is 30.9 Å². The summed E-state index contributed by atoms with van der Waals surface area (Å²) in [5, 5.41) is 12.2. The molecule has 0 aliphatic carbocycles. The van der Waals surface area contributed by atoms with Gasteiger partial charge in [0.2, 0.25) is 0 Å². The van der Waals surface area contributed by atoms with Crippen molar-refractivity contribution in [3.05, 3.63) is 23.8 Å². The Labute approximate surface area is 149 Å². The summed E-state index contributed by atoms with van der Waals surface area (Å²) in [5.74, 6) is -0.351. The Morgan fingerprint density at radius 1 is 1.08 bits per heavy atom. The first-order chi connectivity index (χ1) is 11.7. The Bertz CT molecular complexity index is 818. The summed E-state index contributed by atoms with van der Waals surface area (Å²) in [7, 11) is -13.3. The lowest BCUT2D eigenvalue weighted by Crippen LogP contribution is -2.33. The molecule has 0 aromatic heterocycles. The monoisotopic (exact) mass is 434 g/mol. The van der Waals surface area contributed by atoms with E-state index >= 15 is 0 Å². The molecule has 1 rings (SSSR count). The van der Waals surface area contributed by atoms with E-state index in [2.05, 4.69) is 5.32 Å². The zero-order valence-corrected chi connectivity index (χ0v) is 15.9. The molecule has 0 amide bonds. The highest BCUT2D eigenvalue weighted by Crippen LogP contribution is 2.36. The molecule has 15 heteroatoms. The largest absolute Gasteiger partial charge is 0.508 e. The molecule has 0 spiro atoms. The third kappa shape index (κ3) is 9.19. The summed E-state index contributed by atoms with van der Waals surface area (Å²) in [6.45, 7) is -0.387. The maximum atomic E-state index is 11.2. The molecule has 1 aromatic carbocycles. The predicted molar refractivity (Wildman–Crippen MR) is 90.2 cm³/mol. The molecule has 0 heterocycles. The van der Waals surface area contributed by atoms with Gasteiger partial charge in [-0.1, -0.05) is 0 Å². The van der Waals surface area contributed by atoms with E-state index in [9.17, 15) is 22.7 Å². The van der Waals surface area contributed by atoms with Gasteiger partial charge < -0.3 is 30.0 Å². The molecule has 7 N–H and O–H groups in total. The highest BCUT2D eigenvalue weighted by Gasteiger charge is 2.22. The first-order valence-electron chi connectivity index (χ1n) is 6.99. The minimum absolute atomic E-state index is 0.0106. The van der Waals surface area contributed by atoms with Crippen LogP contribution in [0.4, 0.5) is 0 Å². The number of rotatable bonds is 10. The summed E-state index contributed by atoms with van der Waals surface area (Å²) in [6, 6.07) is 2.93. The highest BCUT2D eigenvalue weighted by atomic mass is 32.2. The molecule has 0 bridgehead atoms. The van der Waals surface area contributed by atoms with Gasteiger partial charge >= 0.3 is 15.2 Å². The van der Waals surface area contributed by atoms with Crippen molar-refractivity contribution in [2.75, 3.05) is 25.7 Å². The van der Waals surface area contributed by atoms with Crippen LogP contribution in [0.5, 0.6) is 5.75 Å². The van der Waals surface area contributed by atoms with Crippen molar-refractivity contribution < 1.29 is 46.8 Å². The van der Waals surface area contributed by atoms with Crippen LogP contribution in [-0.4, -0.2) is 68.2 Å². The fourth-order valence-electron chi connectivity index (χ4n) is 2.01. The number of phenols is 1. The molecule has 12 nitrogen and oxygen atoms in total. The van der Waals surface area contributed by atoms with E-state index in [0.29, 0.717) is 0 Å². The van der Waals surface area contributed by atoms with Crippen LogP contribution in [0.2, 0.25) is 0 Å². The topological polar surface area (TPSA) is 205 Å². The van der Waals surface area contributed by atoms with Crippen molar-refractivity contribution >= 4 is 25.3 Å². The SMILES string of the molecule is O=P(O)(O)CNCCN(Cc1cc(S(=O)(=O)O)ccc1O)CP(=O)(O)O. The summed E-state index contributed by atoms with van der Waals surface area (Å²) in [6.07, 6.45) is -1.36. The first-order valence-corrected chi connectivity index (χ1v) is 12.0. The maximum Gasteiger partial charge on any atom is 0.339 e. The van der Waals surface area contributed by atoms with Crippen molar-refractivity contribution in [2.24, 2.45) is 0 Å². The molecule has 0 saturated heterocycles. The van der Waals surface area contributed by atoms with E-state index in [1.165, 1.54) is 0 Å². The minimum atomic E-state index is -4.53. The number of aromatic hydroxyl groups is 1. The number of benzene rings is 1. The van der Waals surface area contributed by atoms with Crippen LogP contribution in [0.25, 0.3) is 0 Å². The van der Waals surface area contributed by atoms with Crippen molar-refractivity contribution in [2.45, 2.75) is 11.4 Å². The predicted octanol–water partition coefficient (Wildman–Crippen LogP) is -0.699. The summed E-state index contributed by atoms with van der Waals surface area (Å²) in [4.78, 5) is 36.4. The second-order valence-corrected chi connectivity index (χ2v) is 10.1. The molecule has 0 fully saturated rings. The number of hydrogen-bond donors (Lipinski definition) is 7. The van der Waals surface area contributed by atoms with Crippen LogP contribution in [-0.2, 0) is 25.8 Å². The van der Waals surface area contributed by atoms with Crippen molar-refractivity contribution in [1.29, 1.82) is 0 Å². The summed E-state index contributed by atoms with van der Waals surface area (Å²) in [5.41, 5.74) is -0.0106. The average molecular weight is 434 g/mol. The maximum absolute atomic E-state index is 11.2. The molecular weight excluding hydrogens is 414 g/mol. The van der Waals surface area contributed by atoms with Gasteiger partial charge in [-0.2, -0.15) is 8.42 Å². The second-order valence-electron chi connectivity index (χ2n) is 5.45. The number of nitrogens with one attached hydrogen (secondary N) is 1. The van der Waals surface area contributed by atoms with Crippen LogP contribution in [0, 0.1) is 0 Å². The van der Waals surface area contributed by atoms with E-state index < -0.39 is 42.8 Å². The molecule has 1 aromatic rings. The Hall–Kier alpha value is -0.850. The Morgan fingerprint density at radius 2 is 1.69 bits per heavy atom. The smallest absolute Gasteiger partial charge is 0.339 e. The Morgan fingerprint density at radius 3 is 2.19 bits per heavy atom. The Kier molecular flexibility index (Phi) is 7.93. The van der Waals surface area contributed by atoms with Gasteiger partial charge in [0.05, 0.1) is 11.2 Å². The lowest BCUT2D eigenvalue weighted by atomic mass is 10.2. The molecule has 0 aliphatic rings. The van der Waals surface area contributed by atoms with Crippen molar-refractivity contribution in [3.63, 3.8) is 0 Å². The Balaban J connectivity index is 2.92. The van der Waals surface area contributed by atoms with E-state index in [0.717, 1.165) is 23.1 Å². The third-order valence-electron chi connectivity index (χ3n) is 3.05. The lowest BCUT2D eigenvalue weighted by Gasteiger charge is -2.23. The highest BCUT2D eigenvalue weighted by molar-refractivity contribution is 7.85. The molecule has 150 valence electrons. The second kappa shape index (κ2) is 8.89. The first kappa shape index (κ1) is 23.2. The van der Waals surface area contributed by atoms with Gasteiger partial charge in [0, 0.05) is 25.2 Å². The van der Waals surface area contributed by atoms with Gasteiger partial charge in [0.1, 0.15) is 12.0 Å². The standard InChI is InChI=1S/C11H20N2O10P2S/c14-11-2-1-10(26(21,22)23)5-9(11)6-13(8-25(18,19)20)4-3-12-7-24(15,16)17/h1-2,5,12,14H,3-4,6-8H2,(H2,15,16,17)(H2,18,19,20)(H,21,22,23). The minimum Gasteiger partial charge on any atom is -0.508 e. The summed E-state index contributed by atoms with van der Waals surface area (Å²) >= 11 is 0. The molecule has 0 atom stereocenters. The molecule has 0 radical (unpaired) electrons. The van der Waals surface area contributed by atoms with Crippen LogP contribution < -0.4 is 5.32 Å². The van der Waals surface area contributed by atoms with E-state index in [1.54, 1.807) is 0 Å². The van der Waals surface area contributed by atoms with Crippen LogP contribution >= 0.6 is 15.2 Å². The normalized spacial score (nSPS) is 13.3. The summed E-state index contributed by atoms with van der Waals surface area (Å²) < 4.78 is 53.4. The van der Waals surface area contributed by atoms with Gasteiger partial charge in [0.25, 0.3) is 10.1 Å². The number of hydrogen-bond acceptors (Lipinski definition) is 7. The molecule has 0 saturated carbocycles. The lowest BCUT2D eigenvalue weighted by molar-refractivity contribution is 0.265. The van der Waals surface area contributed by atoms with Gasteiger partial charge in [-0.05, 0) is 18.2 Å². The molecule has 26 heavy (non-hydrogen) atoms. The van der Waals surface area contributed by atoms with Gasteiger partial charge in [-0.15, -0.1) is 0 Å². The van der Waals surface area contributed by atoms with Gasteiger partial charge in [-0.25, -0.2) is 0 Å². The zero-order chi connectivity index (χ0) is 20.2. The van der Waals surface area contributed by atoms with Crippen molar-refractivity contribution in [1.82, 2.24) is 10.2 Å². The van der Waals surface area contributed by atoms with E-state index in [4.69, 9.17) is 24.1 Å². The molecular formula is C11H20N2O10P2S. The van der Waals surface area contributed by atoms with Gasteiger partial charge in [-0.3, -0.25) is 18.6 Å². The van der Waals surface area contributed by atoms with Crippen LogP contribution in [0.15, 0.2) is 23.1 Å². The fourth-order valence-corrected chi connectivity index (χ4v) is 3.76. The van der Waals surface area contributed by atoms with Crippen molar-refractivity contribution in [3.8, 4) is 5.75 Å². The van der Waals surface area contributed by atoms with Crippen LogP contribution in [0.3, 0.4) is 0 Å². The average Bonchev–Trinajstić information content (AvgIpc) is 2.42.